The van der Waals surface area contributed by atoms with Crippen LogP contribution >= 0.6 is 0 Å². The first kappa shape index (κ1) is 17.0. The molecule has 9 heteroatoms. The Kier molecular flexibility index (Phi) is 4.85. The maximum Gasteiger partial charge on any atom is 0.252 e. The molecule has 1 aromatic carbocycles. The Bertz CT molecular complexity index is 993. The molecular weight excluding hydrogens is 337 g/mol. The van der Waals surface area contributed by atoms with Gasteiger partial charge in [-0.1, -0.05) is 0 Å². The molecule has 130 valence electrons. The van der Waals surface area contributed by atoms with E-state index >= 15 is 0 Å². The first-order valence-electron chi connectivity index (χ1n) is 7.60. The Balaban J connectivity index is 1.83. The lowest BCUT2D eigenvalue weighted by atomic mass is 10.1. The molecule has 0 unspecified atom stereocenters. The van der Waals surface area contributed by atoms with Crippen LogP contribution in [-0.4, -0.2) is 32.2 Å². The van der Waals surface area contributed by atoms with Gasteiger partial charge in [0.05, 0.1) is 23.6 Å². The lowest BCUT2D eigenvalue weighted by molar-refractivity contribution is 0.0958. The summed E-state index contributed by atoms with van der Waals surface area (Å²) in [5.74, 6) is -0.815. The first-order valence-corrected chi connectivity index (χ1v) is 7.60. The number of rotatable bonds is 5. The summed E-state index contributed by atoms with van der Waals surface area (Å²) in [5.41, 5.74) is 1.44. The van der Waals surface area contributed by atoms with Crippen molar-refractivity contribution >= 4 is 17.5 Å². The second-order valence-electron chi connectivity index (χ2n) is 5.33. The van der Waals surface area contributed by atoms with Crippen molar-refractivity contribution < 1.29 is 9.18 Å². The van der Waals surface area contributed by atoms with E-state index in [1.54, 1.807) is 36.3 Å². The largest absolute Gasteiger partial charge is 0.339 e. The van der Waals surface area contributed by atoms with E-state index in [0.717, 1.165) is 6.07 Å². The second kappa shape index (κ2) is 7.40. The summed E-state index contributed by atoms with van der Waals surface area (Å²) in [6.45, 7) is -0.141. The van der Waals surface area contributed by atoms with Crippen LogP contribution in [0.3, 0.4) is 0 Å². The Morgan fingerprint density at radius 2 is 2.23 bits per heavy atom. The van der Waals surface area contributed by atoms with Gasteiger partial charge >= 0.3 is 0 Å². The summed E-state index contributed by atoms with van der Waals surface area (Å²) >= 11 is 0. The highest BCUT2D eigenvalue weighted by Gasteiger charge is 2.12. The van der Waals surface area contributed by atoms with Crippen LogP contribution in [0, 0.1) is 17.1 Å². The molecule has 0 aliphatic carbocycles. The molecular formula is C17H14FN7O. The number of anilines is 2. The Labute approximate surface area is 148 Å². The van der Waals surface area contributed by atoms with Gasteiger partial charge in [0.1, 0.15) is 12.4 Å². The van der Waals surface area contributed by atoms with Gasteiger partial charge in [0, 0.05) is 30.6 Å². The molecule has 1 amide bonds. The molecule has 3 aromatic rings. The molecule has 0 radical (unpaired) electrons. The van der Waals surface area contributed by atoms with Crippen LogP contribution in [0.1, 0.15) is 10.4 Å². The summed E-state index contributed by atoms with van der Waals surface area (Å²) < 4.78 is 16.1. The zero-order valence-electron chi connectivity index (χ0n) is 13.8. The van der Waals surface area contributed by atoms with Crippen LogP contribution in [0.5, 0.6) is 0 Å². The third-order valence-corrected chi connectivity index (χ3v) is 3.45. The van der Waals surface area contributed by atoms with Gasteiger partial charge in [-0.15, -0.1) is 0 Å². The third-order valence-electron chi connectivity index (χ3n) is 3.45. The van der Waals surface area contributed by atoms with E-state index in [0.29, 0.717) is 17.3 Å². The summed E-state index contributed by atoms with van der Waals surface area (Å²) in [7, 11) is 1.78. The molecule has 0 fully saturated rings. The van der Waals surface area contributed by atoms with Crippen molar-refractivity contribution in [2.75, 3.05) is 11.9 Å². The second-order valence-corrected chi connectivity index (χ2v) is 5.33. The van der Waals surface area contributed by atoms with Crippen LogP contribution < -0.4 is 10.6 Å². The average Bonchev–Trinajstić information content (AvgIpc) is 3.04. The number of aromatic nitrogens is 4. The summed E-state index contributed by atoms with van der Waals surface area (Å²) in [5, 5.41) is 17.9. The van der Waals surface area contributed by atoms with Gasteiger partial charge < -0.3 is 10.6 Å². The standard InChI is InChI=1S/C17H14FN7O/c1-25-10-12(9-22-25)23-17-21-6-4-15(24-17)13-3-2-11(8-14(13)18)16(26)20-7-5-19/h2-4,6,8-10H,7H2,1H3,(H,20,26)(H,21,23,24). The number of nitriles is 1. The van der Waals surface area contributed by atoms with Crippen molar-refractivity contribution in [3.05, 3.63) is 54.2 Å². The minimum atomic E-state index is -0.597. The lowest BCUT2D eigenvalue weighted by Crippen LogP contribution is -2.23. The number of hydrogen-bond acceptors (Lipinski definition) is 6. The molecule has 0 bridgehead atoms. The predicted molar refractivity (Wildman–Crippen MR) is 91.9 cm³/mol. The molecule has 2 N–H and O–H groups in total. The monoisotopic (exact) mass is 351 g/mol. The van der Waals surface area contributed by atoms with Crippen molar-refractivity contribution in [2.24, 2.45) is 7.05 Å². The molecule has 0 aliphatic rings. The van der Waals surface area contributed by atoms with Crippen LogP contribution in [-0.2, 0) is 7.05 Å². The molecule has 2 aromatic heterocycles. The smallest absolute Gasteiger partial charge is 0.252 e. The molecule has 3 rings (SSSR count). The zero-order valence-corrected chi connectivity index (χ0v) is 13.8. The van der Waals surface area contributed by atoms with Crippen LogP contribution in [0.4, 0.5) is 16.0 Å². The number of carbonyl (C=O) groups excluding carboxylic acids is 1. The fourth-order valence-electron chi connectivity index (χ4n) is 2.27. The van der Waals surface area contributed by atoms with E-state index < -0.39 is 11.7 Å². The van der Waals surface area contributed by atoms with Crippen molar-refractivity contribution in [1.82, 2.24) is 25.1 Å². The number of nitrogens with one attached hydrogen (secondary N) is 2. The van der Waals surface area contributed by atoms with E-state index in [2.05, 4.69) is 25.7 Å². The van der Waals surface area contributed by atoms with Crippen LogP contribution in [0.15, 0.2) is 42.9 Å². The van der Waals surface area contributed by atoms with E-state index in [4.69, 9.17) is 5.26 Å². The fraction of sp³-hybridized carbons (Fsp3) is 0.118. The average molecular weight is 351 g/mol. The van der Waals surface area contributed by atoms with E-state index in [1.807, 2.05) is 0 Å². The van der Waals surface area contributed by atoms with E-state index in [-0.39, 0.29) is 17.7 Å². The summed E-state index contributed by atoms with van der Waals surface area (Å²) in [6.07, 6.45) is 4.88. The van der Waals surface area contributed by atoms with E-state index in [1.165, 1.54) is 18.3 Å². The van der Waals surface area contributed by atoms with Gasteiger partial charge in [0.15, 0.2) is 0 Å². The quantitative estimate of drug-likeness (QED) is 0.681. The summed E-state index contributed by atoms with van der Waals surface area (Å²) in [4.78, 5) is 20.2. The van der Waals surface area contributed by atoms with Crippen molar-refractivity contribution in [3.63, 3.8) is 0 Å². The van der Waals surface area contributed by atoms with Crippen molar-refractivity contribution in [1.29, 1.82) is 5.26 Å². The predicted octanol–water partition coefficient (Wildman–Crippen LogP) is 2.01. The Morgan fingerprint density at radius 3 is 2.92 bits per heavy atom. The van der Waals surface area contributed by atoms with Crippen LogP contribution in [0.2, 0.25) is 0 Å². The zero-order chi connectivity index (χ0) is 18.5. The third kappa shape index (κ3) is 3.81. The lowest BCUT2D eigenvalue weighted by Gasteiger charge is -2.07. The highest BCUT2D eigenvalue weighted by Crippen LogP contribution is 2.23. The minimum Gasteiger partial charge on any atom is -0.339 e. The van der Waals surface area contributed by atoms with Crippen molar-refractivity contribution in [3.8, 4) is 17.3 Å². The molecule has 2 heterocycles. The Morgan fingerprint density at radius 1 is 1.38 bits per heavy atom. The van der Waals surface area contributed by atoms with Crippen molar-refractivity contribution in [2.45, 2.75) is 0 Å². The normalized spacial score (nSPS) is 10.2. The summed E-state index contributed by atoms with van der Waals surface area (Å²) in [6, 6.07) is 7.41. The number of halogens is 1. The van der Waals surface area contributed by atoms with Gasteiger partial charge in [0.25, 0.3) is 5.91 Å². The molecule has 0 saturated carbocycles. The SMILES string of the molecule is Cn1cc(Nc2nccc(-c3ccc(C(=O)NCC#N)cc3F)n2)cn1. The van der Waals surface area contributed by atoms with Gasteiger partial charge in [-0.2, -0.15) is 10.4 Å². The van der Waals surface area contributed by atoms with Crippen LogP contribution in [0.25, 0.3) is 11.3 Å². The molecule has 0 saturated heterocycles. The number of benzene rings is 1. The number of nitrogens with zero attached hydrogens (tertiary/aromatic N) is 5. The molecule has 0 spiro atoms. The van der Waals surface area contributed by atoms with E-state index in [9.17, 15) is 9.18 Å². The van der Waals surface area contributed by atoms with Gasteiger partial charge in [-0.05, 0) is 24.3 Å². The molecule has 0 aliphatic heterocycles. The minimum absolute atomic E-state index is 0.129. The fourth-order valence-corrected chi connectivity index (χ4v) is 2.27. The number of amides is 1. The van der Waals surface area contributed by atoms with Gasteiger partial charge in [-0.3, -0.25) is 9.48 Å². The highest BCUT2D eigenvalue weighted by molar-refractivity contribution is 5.94. The van der Waals surface area contributed by atoms with Gasteiger partial charge in [-0.25, -0.2) is 14.4 Å². The maximum atomic E-state index is 14.4. The van der Waals surface area contributed by atoms with Gasteiger partial charge in [0.2, 0.25) is 5.95 Å². The highest BCUT2D eigenvalue weighted by atomic mass is 19.1. The first-order chi connectivity index (χ1) is 12.6. The molecule has 8 nitrogen and oxygen atoms in total. The molecule has 0 atom stereocenters. The Hall–Kier alpha value is -3.80. The number of carbonyl (C=O) groups is 1. The maximum absolute atomic E-state index is 14.4. The topological polar surface area (TPSA) is 109 Å². The molecule has 26 heavy (non-hydrogen) atoms. The number of aryl methyl sites for hydroxylation is 1. The number of hydrogen-bond donors (Lipinski definition) is 2.